The highest BCUT2D eigenvalue weighted by molar-refractivity contribution is 6.14. The minimum absolute atomic E-state index is 0.0805. The predicted molar refractivity (Wildman–Crippen MR) is 107 cm³/mol. The minimum atomic E-state index is -0.512. The van der Waals surface area contributed by atoms with Gasteiger partial charge in [0.1, 0.15) is 11.2 Å². The van der Waals surface area contributed by atoms with Crippen molar-refractivity contribution in [2.45, 2.75) is 25.3 Å². The van der Waals surface area contributed by atoms with Crippen molar-refractivity contribution in [1.29, 1.82) is 5.41 Å². The molecule has 1 saturated carbocycles. The van der Waals surface area contributed by atoms with Gasteiger partial charge in [0.05, 0.1) is 29.6 Å². The molecule has 0 spiro atoms. The van der Waals surface area contributed by atoms with Crippen molar-refractivity contribution in [2.75, 3.05) is 19.0 Å². The molecule has 28 heavy (non-hydrogen) atoms. The van der Waals surface area contributed by atoms with Crippen LogP contribution in [0.3, 0.4) is 0 Å². The third kappa shape index (κ3) is 3.11. The number of carbonyl (C=O) groups excluding carboxylic acids is 1. The van der Waals surface area contributed by atoms with Gasteiger partial charge in [0.2, 0.25) is 0 Å². The lowest BCUT2D eigenvalue weighted by molar-refractivity contribution is 0.0908. The first-order valence-corrected chi connectivity index (χ1v) is 9.11. The topological polar surface area (TPSA) is 127 Å². The van der Waals surface area contributed by atoms with Crippen LogP contribution >= 0.6 is 0 Å². The van der Waals surface area contributed by atoms with Crippen LogP contribution in [0, 0.1) is 12.3 Å². The first kappa shape index (κ1) is 18.1. The average molecular weight is 378 g/mol. The van der Waals surface area contributed by atoms with E-state index in [-0.39, 0.29) is 18.2 Å². The maximum atomic E-state index is 12.6. The molecular weight excluding hydrogens is 356 g/mol. The summed E-state index contributed by atoms with van der Waals surface area (Å²) in [5, 5.41) is 24.0. The van der Waals surface area contributed by atoms with E-state index in [0.29, 0.717) is 28.0 Å². The molecule has 0 bridgehead atoms. The van der Waals surface area contributed by atoms with Gasteiger partial charge in [0.25, 0.3) is 5.91 Å². The molecule has 1 amide bonds. The summed E-state index contributed by atoms with van der Waals surface area (Å²) >= 11 is 0. The van der Waals surface area contributed by atoms with E-state index in [1.54, 1.807) is 6.20 Å². The molecule has 5 N–H and O–H groups in total. The number of nitrogens with zero attached hydrogens (tertiary/aromatic N) is 2. The standard InChI is InChI=1S/C20H22N6O2/c1-11-3-4-12(14(7-11)22-2)16(21)15-9-24-18-17(25-15)13(8-23-18)19(28)26-20(10-27)5-6-20/h3-4,7-9,21-22,27H,5-6,10H2,1-2H3,(H,23,24)(H,26,28). The molecule has 2 aromatic heterocycles. The molecule has 3 aromatic rings. The molecule has 0 saturated heterocycles. The second kappa shape index (κ2) is 6.72. The average Bonchev–Trinajstić information content (AvgIpc) is 3.35. The largest absolute Gasteiger partial charge is 0.394 e. The number of hydrogen-bond donors (Lipinski definition) is 5. The number of aliphatic hydroxyl groups is 1. The normalized spacial score (nSPS) is 14.7. The lowest BCUT2D eigenvalue weighted by Gasteiger charge is -2.13. The molecule has 1 fully saturated rings. The Kier molecular flexibility index (Phi) is 4.35. The lowest BCUT2D eigenvalue weighted by atomic mass is 10.0. The first-order valence-electron chi connectivity index (χ1n) is 9.11. The highest BCUT2D eigenvalue weighted by Crippen LogP contribution is 2.35. The summed E-state index contributed by atoms with van der Waals surface area (Å²) in [6.07, 6.45) is 4.61. The Hall–Kier alpha value is -3.26. The van der Waals surface area contributed by atoms with E-state index >= 15 is 0 Å². The number of amides is 1. The molecule has 8 heteroatoms. The van der Waals surface area contributed by atoms with Crippen LogP contribution in [-0.4, -0.2) is 50.9 Å². The van der Waals surface area contributed by atoms with Gasteiger partial charge in [0, 0.05) is 24.5 Å². The second-order valence-electron chi connectivity index (χ2n) is 7.22. The Labute approximate surface area is 161 Å². The van der Waals surface area contributed by atoms with E-state index < -0.39 is 5.54 Å². The second-order valence-corrected chi connectivity index (χ2v) is 7.22. The third-order valence-corrected chi connectivity index (χ3v) is 5.13. The van der Waals surface area contributed by atoms with Crippen molar-refractivity contribution in [1.82, 2.24) is 20.3 Å². The SMILES string of the molecule is CNc1cc(C)ccc1C(=N)c1cnc2[nH]cc(C(=O)NC3(CO)CC3)c2n1. The number of rotatable bonds is 6. The fourth-order valence-electron chi connectivity index (χ4n) is 3.19. The Morgan fingerprint density at radius 3 is 2.82 bits per heavy atom. The number of anilines is 1. The Morgan fingerprint density at radius 2 is 2.14 bits per heavy atom. The maximum absolute atomic E-state index is 12.6. The molecule has 0 unspecified atom stereocenters. The van der Waals surface area contributed by atoms with Crippen molar-refractivity contribution in [3.63, 3.8) is 0 Å². The van der Waals surface area contributed by atoms with Crippen LogP contribution in [0.1, 0.15) is 40.0 Å². The number of fused-ring (bicyclic) bond motifs is 1. The Morgan fingerprint density at radius 1 is 1.36 bits per heavy atom. The Balaban J connectivity index is 1.70. The fraction of sp³-hybridized carbons (Fsp3) is 0.300. The fourth-order valence-corrected chi connectivity index (χ4v) is 3.19. The van der Waals surface area contributed by atoms with Crippen molar-refractivity contribution in [3.8, 4) is 0 Å². The maximum Gasteiger partial charge on any atom is 0.255 e. The number of hydrogen-bond acceptors (Lipinski definition) is 6. The van der Waals surface area contributed by atoms with E-state index in [4.69, 9.17) is 5.41 Å². The zero-order valence-corrected chi connectivity index (χ0v) is 15.8. The van der Waals surface area contributed by atoms with Crippen LogP contribution < -0.4 is 10.6 Å². The van der Waals surface area contributed by atoms with Gasteiger partial charge in [-0.3, -0.25) is 10.2 Å². The van der Waals surface area contributed by atoms with Gasteiger partial charge < -0.3 is 20.7 Å². The number of aromatic amines is 1. The van der Waals surface area contributed by atoms with Gasteiger partial charge in [0.15, 0.2) is 5.65 Å². The third-order valence-electron chi connectivity index (χ3n) is 5.13. The van der Waals surface area contributed by atoms with Gasteiger partial charge in [-0.15, -0.1) is 0 Å². The van der Waals surface area contributed by atoms with Crippen LogP contribution in [0.15, 0.2) is 30.6 Å². The summed E-state index contributed by atoms with van der Waals surface area (Å²) in [5.74, 6) is -0.304. The molecule has 4 rings (SSSR count). The highest BCUT2D eigenvalue weighted by atomic mass is 16.3. The van der Waals surface area contributed by atoms with Gasteiger partial charge in [-0.25, -0.2) is 9.97 Å². The van der Waals surface area contributed by atoms with Crippen LogP contribution in [-0.2, 0) is 0 Å². The molecule has 1 aromatic carbocycles. The highest BCUT2D eigenvalue weighted by Gasteiger charge is 2.43. The summed E-state index contributed by atoms with van der Waals surface area (Å²) < 4.78 is 0. The molecule has 2 heterocycles. The minimum Gasteiger partial charge on any atom is -0.394 e. The molecule has 8 nitrogen and oxygen atoms in total. The van der Waals surface area contributed by atoms with Crippen molar-refractivity contribution in [3.05, 3.63) is 53.0 Å². The molecule has 144 valence electrons. The number of H-pyrrole nitrogens is 1. The van der Waals surface area contributed by atoms with Crippen LogP contribution in [0.2, 0.25) is 0 Å². The van der Waals surface area contributed by atoms with Gasteiger partial charge in [-0.2, -0.15) is 0 Å². The molecule has 1 aliphatic rings. The molecule has 0 atom stereocenters. The van der Waals surface area contributed by atoms with Crippen LogP contribution in [0.25, 0.3) is 11.2 Å². The zero-order chi connectivity index (χ0) is 19.9. The van der Waals surface area contributed by atoms with Crippen LogP contribution in [0.5, 0.6) is 0 Å². The quantitative estimate of drug-likeness (QED) is 0.419. The summed E-state index contributed by atoms with van der Waals surface area (Å²) in [5.41, 5.74) is 3.96. The summed E-state index contributed by atoms with van der Waals surface area (Å²) in [7, 11) is 1.81. The molecule has 0 aliphatic heterocycles. The van der Waals surface area contributed by atoms with Gasteiger partial charge in [-0.05, 0) is 31.4 Å². The number of benzene rings is 1. The number of carbonyl (C=O) groups is 1. The lowest BCUT2D eigenvalue weighted by Crippen LogP contribution is -2.39. The first-order chi connectivity index (χ1) is 13.5. The number of aryl methyl sites for hydroxylation is 1. The summed E-state index contributed by atoms with van der Waals surface area (Å²) in [6.45, 7) is 1.91. The van der Waals surface area contributed by atoms with E-state index in [2.05, 4.69) is 25.6 Å². The molecular formula is C20H22N6O2. The van der Waals surface area contributed by atoms with Gasteiger partial charge in [-0.1, -0.05) is 12.1 Å². The monoisotopic (exact) mass is 378 g/mol. The Bertz CT molecular complexity index is 1080. The number of nitrogens with one attached hydrogen (secondary N) is 4. The van der Waals surface area contributed by atoms with E-state index in [0.717, 1.165) is 24.1 Å². The molecule has 1 aliphatic carbocycles. The van der Waals surface area contributed by atoms with Crippen molar-refractivity contribution in [2.24, 2.45) is 0 Å². The van der Waals surface area contributed by atoms with Crippen molar-refractivity contribution < 1.29 is 9.90 Å². The number of aromatic nitrogens is 3. The summed E-state index contributed by atoms with van der Waals surface area (Å²) in [6, 6.07) is 5.78. The zero-order valence-electron chi connectivity index (χ0n) is 15.8. The smallest absolute Gasteiger partial charge is 0.255 e. The van der Waals surface area contributed by atoms with Gasteiger partial charge >= 0.3 is 0 Å². The van der Waals surface area contributed by atoms with E-state index in [1.165, 1.54) is 6.20 Å². The summed E-state index contributed by atoms with van der Waals surface area (Å²) in [4.78, 5) is 24.5. The van der Waals surface area contributed by atoms with E-state index in [9.17, 15) is 9.90 Å². The number of aliphatic hydroxyl groups excluding tert-OH is 1. The molecule has 0 radical (unpaired) electrons. The van der Waals surface area contributed by atoms with Crippen LogP contribution in [0.4, 0.5) is 5.69 Å². The predicted octanol–water partition coefficient (Wildman–Crippen LogP) is 1.98. The van der Waals surface area contributed by atoms with E-state index in [1.807, 2.05) is 32.2 Å². The van der Waals surface area contributed by atoms with Crippen molar-refractivity contribution >= 4 is 28.5 Å².